The summed E-state index contributed by atoms with van der Waals surface area (Å²) < 4.78 is 22.0. The van der Waals surface area contributed by atoms with Gasteiger partial charge in [-0.3, -0.25) is 4.79 Å². The molecule has 3 rings (SSSR count). The van der Waals surface area contributed by atoms with E-state index in [-0.39, 0.29) is 25.0 Å². The van der Waals surface area contributed by atoms with Crippen molar-refractivity contribution in [2.75, 3.05) is 27.3 Å². The summed E-state index contributed by atoms with van der Waals surface area (Å²) in [5, 5.41) is 0.850. The van der Waals surface area contributed by atoms with Crippen LogP contribution in [0.1, 0.15) is 38.0 Å². The van der Waals surface area contributed by atoms with Gasteiger partial charge >= 0.3 is 12.1 Å². The quantitative estimate of drug-likeness (QED) is 0.490. The van der Waals surface area contributed by atoms with Gasteiger partial charge in [-0.25, -0.2) is 9.78 Å². The summed E-state index contributed by atoms with van der Waals surface area (Å²) in [4.78, 5) is 29.5. The van der Waals surface area contributed by atoms with Crippen molar-refractivity contribution < 1.29 is 39.0 Å². The lowest BCUT2D eigenvalue weighted by Gasteiger charge is -2.38. The number of aromatic amines is 1. The number of hydrogen-bond donors (Lipinski definition) is 0. The lowest BCUT2D eigenvalue weighted by atomic mass is 9.99. The second-order valence-electron chi connectivity index (χ2n) is 8.96. The molecule has 1 saturated heterocycles. The third-order valence-electron chi connectivity index (χ3n) is 5.29. The highest BCUT2D eigenvalue weighted by atomic mass is 35.5. The lowest BCUT2D eigenvalue weighted by molar-refractivity contribution is -0.377. The lowest BCUT2D eigenvalue weighted by Crippen LogP contribution is -2.54. The molecular weight excluding hydrogens is 499 g/mol. The van der Waals surface area contributed by atoms with E-state index in [4.69, 9.17) is 42.1 Å². The summed E-state index contributed by atoms with van der Waals surface area (Å²) >= 11 is 12.7. The minimum Gasteiger partial charge on any atom is -0.870 e. The molecule has 9 nitrogen and oxygen atoms in total. The maximum absolute atomic E-state index is 13.0. The number of esters is 1. The second kappa shape index (κ2) is 11.8. The zero-order chi connectivity index (χ0) is 25.0. The molecule has 2 heterocycles. The molecule has 192 valence electrons. The van der Waals surface area contributed by atoms with Crippen LogP contribution in [0.25, 0.3) is 0 Å². The highest BCUT2D eigenvalue weighted by Gasteiger charge is 2.40. The van der Waals surface area contributed by atoms with E-state index in [1.54, 1.807) is 58.5 Å². The fourth-order valence-electron chi connectivity index (χ4n) is 3.48. The zero-order valence-electron chi connectivity index (χ0n) is 20.3. The summed E-state index contributed by atoms with van der Waals surface area (Å²) in [7, 11) is 3.07. The first-order valence-electron chi connectivity index (χ1n) is 10.8. The maximum atomic E-state index is 13.0. The average molecular weight is 529 g/mol. The molecule has 1 aliphatic heterocycles. The number of carbonyl (C=O) groups excluding carboxylic acids is 2. The average Bonchev–Trinajstić information content (AvgIpc) is 2.72. The number of nitrogens with one attached hydrogen (secondary N) is 1. The number of methoxy groups -OCH3 is 2. The number of halogens is 2. The first kappa shape index (κ1) is 28.5. The Labute approximate surface area is 214 Å². The van der Waals surface area contributed by atoms with Crippen molar-refractivity contribution in [3.05, 3.63) is 51.8 Å². The van der Waals surface area contributed by atoms with Gasteiger partial charge in [0, 0.05) is 25.1 Å². The van der Waals surface area contributed by atoms with Crippen LogP contribution in [0.5, 0.6) is 11.5 Å². The van der Waals surface area contributed by atoms with E-state index in [1.165, 1.54) is 12.0 Å². The molecule has 0 aliphatic carbocycles. The number of aromatic nitrogens is 1. The SMILES string of the molecule is COc1ccc([C@H](Cc2c(Cl)c[nH+]cc2Cl)OC(=O)C2CN(C(=O)OC(C)(C)C)C2)cc1OC.[OH-]. The third-order valence-corrected chi connectivity index (χ3v) is 5.97. The Morgan fingerprint density at radius 3 is 2.23 bits per heavy atom. The van der Waals surface area contributed by atoms with Crippen LogP contribution < -0.4 is 14.5 Å². The van der Waals surface area contributed by atoms with Crippen LogP contribution in [0.3, 0.4) is 0 Å². The molecule has 1 aliphatic rings. The van der Waals surface area contributed by atoms with E-state index in [2.05, 4.69) is 4.98 Å². The van der Waals surface area contributed by atoms with Gasteiger partial charge in [0.25, 0.3) is 0 Å². The maximum Gasteiger partial charge on any atom is 0.410 e. The van der Waals surface area contributed by atoms with Gasteiger partial charge in [-0.05, 0) is 38.5 Å². The van der Waals surface area contributed by atoms with E-state index < -0.39 is 29.7 Å². The predicted molar refractivity (Wildman–Crippen MR) is 128 cm³/mol. The highest BCUT2D eigenvalue weighted by Crippen LogP contribution is 2.35. The van der Waals surface area contributed by atoms with Gasteiger partial charge in [0.05, 0.1) is 20.1 Å². The Morgan fingerprint density at radius 1 is 1.09 bits per heavy atom. The number of nitrogens with zero attached hydrogens (tertiary/aromatic N) is 1. The minimum atomic E-state index is -0.694. The van der Waals surface area contributed by atoms with Crippen LogP contribution in [0.2, 0.25) is 10.0 Å². The van der Waals surface area contributed by atoms with Crippen LogP contribution in [-0.2, 0) is 20.7 Å². The molecule has 0 saturated carbocycles. The molecular formula is C24H30Cl2N2O7. The largest absolute Gasteiger partial charge is 0.870 e. The van der Waals surface area contributed by atoms with Crippen LogP contribution in [0, 0.1) is 5.92 Å². The Bertz CT molecular complexity index is 1030. The number of benzene rings is 1. The van der Waals surface area contributed by atoms with Crippen molar-refractivity contribution >= 4 is 35.3 Å². The van der Waals surface area contributed by atoms with Crippen LogP contribution in [0.15, 0.2) is 30.6 Å². The van der Waals surface area contributed by atoms with Crippen molar-refractivity contribution in [2.24, 2.45) is 5.92 Å². The molecule has 2 N–H and O–H groups in total. The first-order chi connectivity index (χ1) is 16.0. The molecule has 0 radical (unpaired) electrons. The zero-order valence-corrected chi connectivity index (χ0v) is 21.8. The monoisotopic (exact) mass is 528 g/mol. The van der Waals surface area contributed by atoms with Gasteiger partial charge in [0.2, 0.25) is 0 Å². The van der Waals surface area contributed by atoms with E-state index in [1.807, 2.05) is 0 Å². The third kappa shape index (κ3) is 7.13. The number of ether oxygens (including phenoxy) is 4. The molecule has 0 bridgehead atoms. The Morgan fingerprint density at radius 2 is 1.69 bits per heavy atom. The smallest absolute Gasteiger partial charge is 0.410 e. The molecule has 1 amide bonds. The summed E-state index contributed by atoms with van der Waals surface area (Å²) in [5.74, 6) is 0.174. The van der Waals surface area contributed by atoms with Gasteiger partial charge in [0.15, 0.2) is 23.9 Å². The van der Waals surface area contributed by atoms with Crippen molar-refractivity contribution in [1.29, 1.82) is 0 Å². The minimum absolute atomic E-state index is 0. The summed E-state index contributed by atoms with van der Waals surface area (Å²) in [6, 6.07) is 5.29. The number of rotatable bonds is 7. The summed E-state index contributed by atoms with van der Waals surface area (Å²) in [6.45, 7) is 5.84. The van der Waals surface area contributed by atoms with Crippen LogP contribution >= 0.6 is 23.2 Å². The number of hydrogen-bond acceptors (Lipinski definition) is 7. The fourth-order valence-corrected chi connectivity index (χ4v) is 4.01. The normalized spacial score (nSPS) is 14.3. The van der Waals surface area contributed by atoms with Gasteiger partial charge in [-0.1, -0.05) is 29.3 Å². The predicted octanol–water partition coefficient (Wildman–Crippen LogP) is 4.34. The molecule has 1 atom stereocenters. The highest BCUT2D eigenvalue weighted by molar-refractivity contribution is 6.35. The Hall–Kier alpha value is -2.75. The van der Waals surface area contributed by atoms with E-state index >= 15 is 0 Å². The molecule has 35 heavy (non-hydrogen) atoms. The number of likely N-dealkylation sites (tertiary alicyclic amines) is 1. The number of pyridine rings is 1. The van der Waals surface area contributed by atoms with E-state index in [0.717, 1.165) is 0 Å². The van der Waals surface area contributed by atoms with Gasteiger partial charge in [0.1, 0.15) is 21.8 Å². The first-order valence-corrected chi connectivity index (χ1v) is 11.5. The van der Waals surface area contributed by atoms with Gasteiger partial charge in [-0.2, -0.15) is 0 Å². The molecule has 2 aromatic rings. The van der Waals surface area contributed by atoms with E-state index in [0.29, 0.717) is 32.7 Å². The standard InChI is InChI=1S/C24H28Cl2N2O6.H2O/c1-24(2,3)34-23(30)28-12-15(13-28)22(29)33-20(9-16-17(25)10-27-11-18(16)26)14-6-7-19(31-4)21(8-14)32-5;/h6-8,10-11,15,20H,9,12-13H2,1-5H3;1H2/t20-;/m0./s1. The number of carbonyl (C=O) groups is 2. The Kier molecular flexibility index (Phi) is 9.60. The van der Waals surface area contributed by atoms with Crippen molar-refractivity contribution in [1.82, 2.24) is 4.90 Å². The second-order valence-corrected chi connectivity index (χ2v) is 9.77. The molecule has 1 aromatic heterocycles. The fraction of sp³-hybridized carbons (Fsp3) is 0.458. The summed E-state index contributed by atoms with van der Waals surface area (Å²) in [5.41, 5.74) is 0.722. The molecule has 1 fully saturated rings. The van der Waals surface area contributed by atoms with Gasteiger partial charge < -0.3 is 29.3 Å². The molecule has 1 aromatic carbocycles. The molecule has 0 spiro atoms. The van der Waals surface area contributed by atoms with Crippen molar-refractivity contribution in [3.63, 3.8) is 0 Å². The topological polar surface area (TPSA) is 118 Å². The van der Waals surface area contributed by atoms with Crippen LogP contribution in [-0.4, -0.2) is 55.3 Å². The molecule has 0 unspecified atom stereocenters. The molecule has 11 heteroatoms. The number of H-pyrrole nitrogens is 1. The Balaban J connectivity index is 0.00000432. The van der Waals surface area contributed by atoms with Gasteiger partial charge in [-0.15, -0.1) is 0 Å². The van der Waals surface area contributed by atoms with Crippen molar-refractivity contribution in [2.45, 2.75) is 38.9 Å². The van der Waals surface area contributed by atoms with Crippen LogP contribution in [0.4, 0.5) is 4.79 Å². The van der Waals surface area contributed by atoms with E-state index in [9.17, 15) is 9.59 Å². The van der Waals surface area contributed by atoms with Crippen molar-refractivity contribution in [3.8, 4) is 11.5 Å². The summed E-state index contributed by atoms with van der Waals surface area (Å²) in [6.07, 6.45) is 2.32. The number of amides is 1.